The van der Waals surface area contributed by atoms with E-state index in [1.54, 1.807) is 13.8 Å². The molecule has 1 aromatic heterocycles. The Morgan fingerprint density at radius 2 is 1.89 bits per heavy atom. The number of ether oxygens (including phenoxy) is 1. The molecule has 1 heterocycles. The van der Waals surface area contributed by atoms with E-state index in [0.717, 1.165) is 17.6 Å². The first kappa shape index (κ1) is 15.3. The third-order valence-electron chi connectivity index (χ3n) is 3.04. The topological polar surface area (TPSA) is 39.4 Å². The fourth-order valence-corrected chi connectivity index (χ4v) is 2.08. The Balaban J connectivity index is 3.40. The molecule has 0 saturated heterocycles. The van der Waals surface area contributed by atoms with Crippen LogP contribution in [0.15, 0.2) is 26.9 Å². The highest BCUT2D eigenvalue weighted by molar-refractivity contribution is 5.65. The lowest BCUT2D eigenvalue weighted by Crippen LogP contribution is -2.12. The van der Waals surface area contributed by atoms with E-state index >= 15 is 0 Å². The van der Waals surface area contributed by atoms with Gasteiger partial charge in [-0.3, -0.25) is 4.79 Å². The summed E-state index contributed by atoms with van der Waals surface area (Å²) in [6.45, 7) is 9.55. The Kier molecular flexibility index (Phi) is 5.16. The van der Waals surface area contributed by atoms with E-state index in [1.165, 1.54) is 7.11 Å². The van der Waals surface area contributed by atoms with Crippen molar-refractivity contribution in [2.75, 3.05) is 7.11 Å². The zero-order chi connectivity index (χ0) is 14.6. The summed E-state index contributed by atoms with van der Waals surface area (Å²) in [5.41, 5.74) is 3.19. The SMILES string of the molecule is CC/C=C(C)/C=C(/C)c1oc(OC)c(C)c(=O)c1C. The highest BCUT2D eigenvalue weighted by atomic mass is 16.6. The van der Waals surface area contributed by atoms with Crippen LogP contribution in [-0.4, -0.2) is 7.11 Å². The molecule has 3 heteroatoms. The van der Waals surface area contributed by atoms with Gasteiger partial charge in [0, 0.05) is 5.56 Å². The molecule has 0 radical (unpaired) electrons. The molecular weight excluding hydrogens is 240 g/mol. The van der Waals surface area contributed by atoms with E-state index in [-0.39, 0.29) is 11.4 Å². The van der Waals surface area contributed by atoms with Crippen molar-refractivity contribution >= 4 is 5.57 Å². The highest BCUT2D eigenvalue weighted by Crippen LogP contribution is 2.24. The van der Waals surface area contributed by atoms with Gasteiger partial charge in [-0.25, -0.2) is 0 Å². The smallest absolute Gasteiger partial charge is 0.291 e. The van der Waals surface area contributed by atoms with Crippen molar-refractivity contribution in [3.8, 4) is 5.95 Å². The van der Waals surface area contributed by atoms with Gasteiger partial charge in [0.25, 0.3) is 5.95 Å². The standard InChI is InChI=1S/C16H22O3/c1-7-8-10(2)9-11(3)15-12(4)14(17)13(5)16(18-6)19-15/h8-9H,7H2,1-6H3/b10-8+,11-9-. The molecule has 1 rings (SSSR count). The second-order valence-corrected chi connectivity index (χ2v) is 4.69. The van der Waals surface area contributed by atoms with Gasteiger partial charge in [-0.15, -0.1) is 0 Å². The fourth-order valence-electron chi connectivity index (χ4n) is 2.08. The summed E-state index contributed by atoms with van der Waals surface area (Å²) >= 11 is 0. The van der Waals surface area contributed by atoms with Crippen molar-refractivity contribution in [2.24, 2.45) is 0 Å². The van der Waals surface area contributed by atoms with Crippen molar-refractivity contribution in [1.29, 1.82) is 0 Å². The van der Waals surface area contributed by atoms with Gasteiger partial charge in [-0.1, -0.05) is 24.6 Å². The van der Waals surface area contributed by atoms with Crippen LogP contribution in [0, 0.1) is 13.8 Å². The minimum Gasteiger partial charge on any atom is -0.468 e. The van der Waals surface area contributed by atoms with Crippen molar-refractivity contribution < 1.29 is 9.15 Å². The van der Waals surface area contributed by atoms with E-state index in [0.29, 0.717) is 16.9 Å². The van der Waals surface area contributed by atoms with Gasteiger partial charge in [0.2, 0.25) is 0 Å². The largest absolute Gasteiger partial charge is 0.468 e. The Morgan fingerprint density at radius 3 is 2.42 bits per heavy atom. The van der Waals surface area contributed by atoms with Crippen LogP contribution in [-0.2, 0) is 0 Å². The molecule has 0 atom stereocenters. The molecule has 0 aliphatic carbocycles. The maximum absolute atomic E-state index is 12.1. The molecule has 19 heavy (non-hydrogen) atoms. The van der Waals surface area contributed by atoms with Crippen LogP contribution in [0.3, 0.4) is 0 Å². The van der Waals surface area contributed by atoms with Crippen LogP contribution in [0.1, 0.15) is 44.1 Å². The lowest BCUT2D eigenvalue weighted by molar-refractivity contribution is 0.288. The number of rotatable bonds is 4. The lowest BCUT2D eigenvalue weighted by atomic mass is 10.1. The molecule has 0 aliphatic rings. The zero-order valence-electron chi connectivity index (χ0n) is 12.6. The summed E-state index contributed by atoms with van der Waals surface area (Å²) in [6, 6.07) is 0. The average molecular weight is 262 g/mol. The minimum atomic E-state index is -0.0250. The Hall–Kier alpha value is -1.77. The quantitative estimate of drug-likeness (QED) is 0.769. The van der Waals surface area contributed by atoms with Crippen LogP contribution in [0.25, 0.3) is 5.57 Å². The third kappa shape index (κ3) is 3.37. The number of hydrogen-bond acceptors (Lipinski definition) is 3. The highest BCUT2D eigenvalue weighted by Gasteiger charge is 2.15. The van der Waals surface area contributed by atoms with Crippen LogP contribution in [0.5, 0.6) is 5.95 Å². The van der Waals surface area contributed by atoms with Crippen LogP contribution < -0.4 is 10.2 Å². The maximum Gasteiger partial charge on any atom is 0.291 e. The summed E-state index contributed by atoms with van der Waals surface area (Å²) in [7, 11) is 1.51. The van der Waals surface area contributed by atoms with Crippen LogP contribution in [0.4, 0.5) is 0 Å². The van der Waals surface area contributed by atoms with Crippen molar-refractivity contribution in [3.63, 3.8) is 0 Å². The molecule has 3 nitrogen and oxygen atoms in total. The van der Waals surface area contributed by atoms with Gasteiger partial charge >= 0.3 is 0 Å². The first-order chi connectivity index (χ1) is 8.92. The van der Waals surface area contributed by atoms with Gasteiger partial charge < -0.3 is 9.15 Å². The van der Waals surface area contributed by atoms with Crippen molar-refractivity contribution in [1.82, 2.24) is 0 Å². The maximum atomic E-state index is 12.1. The Labute approximate surface area is 114 Å². The molecular formula is C16H22O3. The molecule has 0 fully saturated rings. The Morgan fingerprint density at radius 1 is 1.26 bits per heavy atom. The first-order valence-corrected chi connectivity index (χ1v) is 6.46. The number of methoxy groups -OCH3 is 1. The molecule has 0 unspecified atom stereocenters. The molecule has 0 saturated carbocycles. The van der Waals surface area contributed by atoms with E-state index in [2.05, 4.69) is 13.0 Å². The molecule has 0 aliphatic heterocycles. The van der Waals surface area contributed by atoms with E-state index in [4.69, 9.17) is 9.15 Å². The van der Waals surface area contributed by atoms with Crippen LogP contribution in [0.2, 0.25) is 0 Å². The summed E-state index contributed by atoms with van der Waals surface area (Å²) < 4.78 is 10.8. The molecule has 0 amide bonds. The summed E-state index contributed by atoms with van der Waals surface area (Å²) in [5.74, 6) is 0.881. The predicted octanol–water partition coefficient (Wildman–Crippen LogP) is 4.02. The molecule has 0 N–H and O–H groups in total. The summed E-state index contributed by atoms with van der Waals surface area (Å²) in [5, 5.41) is 0. The molecule has 104 valence electrons. The van der Waals surface area contributed by atoms with E-state index in [1.807, 2.05) is 19.9 Å². The second-order valence-electron chi connectivity index (χ2n) is 4.69. The molecule has 1 aromatic rings. The molecule has 0 bridgehead atoms. The van der Waals surface area contributed by atoms with Crippen molar-refractivity contribution in [3.05, 3.63) is 44.8 Å². The fraction of sp³-hybridized carbons (Fsp3) is 0.438. The normalized spacial score (nSPS) is 12.7. The number of allylic oxidation sites excluding steroid dienone is 4. The predicted molar refractivity (Wildman–Crippen MR) is 78.7 cm³/mol. The van der Waals surface area contributed by atoms with Gasteiger partial charge in [0.15, 0.2) is 5.43 Å². The minimum absolute atomic E-state index is 0.0250. The Bertz CT molecular complexity index is 574. The lowest BCUT2D eigenvalue weighted by Gasteiger charge is -2.10. The third-order valence-corrected chi connectivity index (χ3v) is 3.04. The zero-order valence-corrected chi connectivity index (χ0v) is 12.6. The molecule has 0 spiro atoms. The van der Waals surface area contributed by atoms with Crippen molar-refractivity contribution in [2.45, 2.75) is 41.0 Å². The van der Waals surface area contributed by atoms with E-state index in [9.17, 15) is 4.79 Å². The summed E-state index contributed by atoms with van der Waals surface area (Å²) in [6.07, 6.45) is 5.13. The first-order valence-electron chi connectivity index (χ1n) is 6.46. The van der Waals surface area contributed by atoms with E-state index < -0.39 is 0 Å². The molecule has 0 aromatic carbocycles. The number of hydrogen-bond donors (Lipinski definition) is 0. The van der Waals surface area contributed by atoms with Gasteiger partial charge in [-0.05, 0) is 39.7 Å². The van der Waals surface area contributed by atoms with Gasteiger partial charge in [-0.2, -0.15) is 0 Å². The monoisotopic (exact) mass is 262 g/mol. The van der Waals surface area contributed by atoms with Gasteiger partial charge in [0.1, 0.15) is 5.76 Å². The van der Waals surface area contributed by atoms with Gasteiger partial charge in [0.05, 0.1) is 12.7 Å². The second kappa shape index (κ2) is 6.41. The average Bonchev–Trinajstić information content (AvgIpc) is 2.36. The summed E-state index contributed by atoms with van der Waals surface area (Å²) in [4.78, 5) is 12.1. The van der Waals surface area contributed by atoms with Crippen LogP contribution >= 0.6 is 0 Å².